The minimum atomic E-state index is -3.61. The maximum absolute atomic E-state index is 13.5. The Balaban J connectivity index is 0.725. The SMILES string of the molecule is Nc1ncc(-c2ccc(S(=O)(=O)C3CCOC3)cc2)nc1-c1cc(-c2ccc(CN[C@@H]3CC(c4nc(N)c(-c5cc(-c6ccc(CN[C@H]7CCOC7)cc6)no5)nc4-c4ccc(S(=O)(=O)C5CCOC5)cc4)CO3)cc2)no1. The van der Waals surface area contributed by atoms with Gasteiger partial charge in [0.25, 0.3) is 0 Å². The molecule has 0 amide bonds. The Kier molecular flexibility index (Phi) is 14.4. The lowest BCUT2D eigenvalue weighted by atomic mass is 9.97. The van der Waals surface area contributed by atoms with Gasteiger partial charge in [-0.3, -0.25) is 5.32 Å². The van der Waals surface area contributed by atoms with E-state index in [0.717, 1.165) is 48.4 Å². The molecule has 8 heterocycles. The molecule has 0 saturated carbocycles. The second-order valence-electron chi connectivity index (χ2n) is 19.9. The monoisotopic (exact) mass is 1090 g/mol. The van der Waals surface area contributed by atoms with Crippen LogP contribution in [0.2, 0.25) is 0 Å². The number of nitrogens with one attached hydrogen (secondary N) is 2. The van der Waals surface area contributed by atoms with Gasteiger partial charge in [0, 0.05) is 79.3 Å². The Hall–Kier alpha value is -7.28. The molecule has 20 nitrogen and oxygen atoms in total. The normalized spacial score (nSPS) is 20.7. The molecule has 402 valence electrons. The zero-order valence-corrected chi connectivity index (χ0v) is 43.9. The molecule has 4 fully saturated rings. The zero-order valence-electron chi connectivity index (χ0n) is 42.3. The van der Waals surface area contributed by atoms with E-state index in [0.29, 0.717) is 114 Å². The van der Waals surface area contributed by atoms with Crippen molar-refractivity contribution in [1.82, 2.24) is 40.9 Å². The number of benzene rings is 4. The van der Waals surface area contributed by atoms with Crippen molar-refractivity contribution in [2.45, 2.75) is 77.3 Å². The Morgan fingerprint density at radius 3 is 1.59 bits per heavy atom. The molecule has 78 heavy (non-hydrogen) atoms. The molecule has 4 aliphatic rings. The fourth-order valence-corrected chi connectivity index (χ4v) is 13.3. The van der Waals surface area contributed by atoms with Gasteiger partial charge in [0.15, 0.2) is 54.2 Å². The number of anilines is 2. The van der Waals surface area contributed by atoms with Gasteiger partial charge in [-0.25, -0.2) is 36.8 Å². The van der Waals surface area contributed by atoms with E-state index < -0.39 is 30.2 Å². The van der Waals surface area contributed by atoms with Crippen LogP contribution in [-0.4, -0.2) is 116 Å². The molecule has 8 aromatic rings. The third-order valence-corrected chi connectivity index (χ3v) is 19.1. The maximum atomic E-state index is 13.5. The lowest BCUT2D eigenvalue weighted by Gasteiger charge is -2.16. The van der Waals surface area contributed by atoms with Gasteiger partial charge in [0.1, 0.15) is 17.6 Å². The summed E-state index contributed by atoms with van der Waals surface area (Å²) in [5.74, 6) is 0.748. The fourth-order valence-electron chi connectivity index (χ4n) is 10.2. The molecule has 4 saturated heterocycles. The Labute approximate surface area is 450 Å². The predicted octanol–water partition coefficient (Wildman–Crippen LogP) is 7.03. The molecule has 0 aliphatic carbocycles. The van der Waals surface area contributed by atoms with E-state index in [1.54, 1.807) is 60.7 Å². The molecule has 5 atom stereocenters. The molecule has 0 spiro atoms. The van der Waals surface area contributed by atoms with Crippen molar-refractivity contribution in [2.75, 3.05) is 57.7 Å². The molecule has 22 heteroatoms. The van der Waals surface area contributed by atoms with Gasteiger partial charge in [0.05, 0.1) is 70.0 Å². The second kappa shape index (κ2) is 21.9. The first-order valence-electron chi connectivity index (χ1n) is 25.9. The molecule has 0 radical (unpaired) electrons. The smallest absolute Gasteiger partial charge is 0.189 e. The number of hydrogen-bond donors (Lipinski definition) is 4. The highest BCUT2D eigenvalue weighted by Crippen LogP contribution is 2.39. The van der Waals surface area contributed by atoms with Crippen molar-refractivity contribution in [2.24, 2.45) is 0 Å². The van der Waals surface area contributed by atoms with Crippen LogP contribution in [0.3, 0.4) is 0 Å². The van der Waals surface area contributed by atoms with Crippen LogP contribution >= 0.6 is 0 Å². The van der Waals surface area contributed by atoms with Crippen molar-refractivity contribution < 1.29 is 44.8 Å². The molecular weight excluding hydrogens is 1040 g/mol. The summed E-state index contributed by atoms with van der Waals surface area (Å²) in [6.07, 6.45) is 3.67. The molecule has 12 rings (SSSR count). The maximum Gasteiger partial charge on any atom is 0.189 e. The van der Waals surface area contributed by atoms with Crippen LogP contribution in [-0.2, 0) is 51.7 Å². The predicted molar refractivity (Wildman–Crippen MR) is 288 cm³/mol. The van der Waals surface area contributed by atoms with Gasteiger partial charge in [-0.1, -0.05) is 83.1 Å². The van der Waals surface area contributed by atoms with Crippen LogP contribution in [0, 0.1) is 0 Å². The fraction of sp³-hybridized carbons (Fsp3) is 0.321. The number of nitrogen functional groups attached to an aromatic ring is 2. The first-order valence-corrected chi connectivity index (χ1v) is 29.0. The van der Waals surface area contributed by atoms with Crippen LogP contribution < -0.4 is 22.1 Å². The van der Waals surface area contributed by atoms with Crippen molar-refractivity contribution in [3.63, 3.8) is 0 Å². The van der Waals surface area contributed by atoms with Crippen molar-refractivity contribution >= 4 is 31.3 Å². The summed E-state index contributed by atoms with van der Waals surface area (Å²) >= 11 is 0. The zero-order chi connectivity index (χ0) is 53.4. The summed E-state index contributed by atoms with van der Waals surface area (Å²) in [5.41, 5.74) is 21.5. The Morgan fingerprint density at radius 1 is 0.526 bits per heavy atom. The number of sulfone groups is 2. The summed E-state index contributed by atoms with van der Waals surface area (Å²) in [7, 11) is -7.12. The second-order valence-corrected chi connectivity index (χ2v) is 24.4. The molecule has 6 N–H and O–H groups in total. The average molecular weight is 1090 g/mol. The largest absolute Gasteiger partial charge is 0.382 e. The van der Waals surface area contributed by atoms with Crippen LogP contribution in [0.4, 0.5) is 11.6 Å². The van der Waals surface area contributed by atoms with E-state index in [1.165, 1.54) is 6.20 Å². The summed E-state index contributed by atoms with van der Waals surface area (Å²) in [4.78, 5) is 19.6. The lowest BCUT2D eigenvalue weighted by molar-refractivity contribution is 0.0816. The third kappa shape index (κ3) is 10.7. The summed E-state index contributed by atoms with van der Waals surface area (Å²) in [6.45, 7) is 4.27. The highest BCUT2D eigenvalue weighted by molar-refractivity contribution is 7.92. The summed E-state index contributed by atoms with van der Waals surface area (Å²) in [6, 6.07) is 33.1. The third-order valence-electron chi connectivity index (χ3n) is 14.8. The molecule has 4 aromatic heterocycles. The van der Waals surface area contributed by atoms with Gasteiger partial charge < -0.3 is 44.8 Å². The first kappa shape index (κ1) is 51.5. The number of aromatic nitrogens is 6. The highest BCUT2D eigenvalue weighted by Gasteiger charge is 2.35. The molecule has 4 aliphatic heterocycles. The van der Waals surface area contributed by atoms with Crippen molar-refractivity contribution in [3.05, 3.63) is 132 Å². The minimum absolute atomic E-state index is 0.151. The Bertz CT molecular complexity index is 3660. The van der Waals surface area contributed by atoms with E-state index in [2.05, 4.69) is 38.1 Å². The minimum Gasteiger partial charge on any atom is -0.382 e. The van der Waals surface area contributed by atoms with Crippen LogP contribution in [0.15, 0.2) is 134 Å². The van der Waals surface area contributed by atoms with Gasteiger partial charge in [-0.2, -0.15) is 0 Å². The molecular formula is C56H56N10O10S2. The summed E-state index contributed by atoms with van der Waals surface area (Å²) in [5, 5.41) is 14.6. The molecule has 0 bridgehead atoms. The van der Waals surface area contributed by atoms with Crippen molar-refractivity contribution in [3.8, 4) is 67.9 Å². The quantitative estimate of drug-likeness (QED) is 0.0711. The molecule has 4 aromatic carbocycles. The Morgan fingerprint density at radius 2 is 1.04 bits per heavy atom. The number of hydrogen-bond acceptors (Lipinski definition) is 20. The van der Waals surface area contributed by atoms with Gasteiger partial charge in [0.2, 0.25) is 0 Å². The van der Waals surface area contributed by atoms with E-state index >= 15 is 0 Å². The van der Waals surface area contributed by atoms with Crippen molar-refractivity contribution in [1.29, 1.82) is 0 Å². The van der Waals surface area contributed by atoms with Crippen LogP contribution in [0.5, 0.6) is 0 Å². The van der Waals surface area contributed by atoms with Gasteiger partial charge in [-0.05, 0) is 61.1 Å². The van der Waals surface area contributed by atoms with Gasteiger partial charge in [-0.15, -0.1) is 0 Å². The van der Waals surface area contributed by atoms with E-state index in [-0.39, 0.29) is 46.8 Å². The standard InChI is InChI=1S/C56H56N10O10S2/c57-55-53(62-47(28-61-55)37-9-13-41(14-10-37)77(67,68)43-18-21-72-31-43)48-24-45(65-75-48)36-7-3-34(4-8-36)27-60-50-23-39(29-74-50)52-51(38-11-15-42(16-12-38)78(69,70)44-19-22-73-32-44)63-54(56(58)64-52)49-25-46(66-76-49)35-5-1-33(2-6-35)26-59-40-17-20-71-30-40/h1-16,24-25,28,39-40,43-44,50,59-60H,17-23,26-27,29-32H2,(H2,57,61)(H2,58,64)/t39?,40-,43?,44?,50-/m0/s1. The van der Waals surface area contributed by atoms with E-state index in [1.807, 2.05) is 36.4 Å². The average Bonchev–Trinajstić information content (AvgIpc) is 4.39. The number of nitrogens with zero attached hydrogens (tertiary/aromatic N) is 6. The molecule has 3 unspecified atom stereocenters. The summed E-state index contributed by atoms with van der Waals surface area (Å²) < 4.78 is 87.3. The van der Waals surface area contributed by atoms with Crippen LogP contribution in [0.25, 0.3) is 67.9 Å². The van der Waals surface area contributed by atoms with Crippen LogP contribution in [0.1, 0.15) is 48.4 Å². The highest BCUT2D eigenvalue weighted by atomic mass is 32.2. The van der Waals surface area contributed by atoms with Gasteiger partial charge >= 0.3 is 0 Å². The number of nitrogens with two attached hydrogens (primary N) is 2. The lowest BCUT2D eigenvalue weighted by Crippen LogP contribution is -2.28. The first-order chi connectivity index (χ1) is 37.9. The number of rotatable bonds is 17. The van der Waals surface area contributed by atoms with E-state index in [9.17, 15) is 16.8 Å². The number of ether oxygens (including phenoxy) is 4. The topological polar surface area (TPSA) is 285 Å². The van der Waals surface area contributed by atoms with E-state index in [4.69, 9.17) is 54.4 Å².